The van der Waals surface area contributed by atoms with E-state index in [9.17, 15) is 4.79 Å². The number of hydrogen-bond acceptors (Lipinski definition) is 3. The molecule has 2 rings (SSSR count). The molecule has 3 N–H and O–H groups in total. The molecule has 2 atom stereocenters. The SMILES string of the molecule is Cc1cccc(OC(C)C(=O)NCC(N)C2CC2)c1.Cl. The highest BCUT2D eigenvalue weighted by molar-refractivity contribution is 5.85. The molecule has 1 aromatic carbocycles. The molecule has 0 bridgehead atoms. The number of rotatable bonds is 6. The molecule has 0 aromatic heterocycles. The topological polar surface area (TPSA) is 64.3 Å². The molecule has 0 heterocycles. The molecule has 4 nitrogen and oxygen atoms in total. The summed E-state index contributed by atoms with van der Waals surface area (Å²) in [6, 6.07) is 7.76. The minimum atomic E-state index is -0.506. The smallest absolute Gasteiger partial charge is 0.260 e. The highest BCUT2D eigenvalue weighted by atomic mass is 35.5. The van der Waals surface area contributed by atoms with Gasteiger partial charge in [0.25, 0.3) is 5.91 Å². The number of carbonyl (C=O) groups is 1. The molecule has 1 saturated carbocycles. The van der Waals surface area contributed by atoms with Crippen LogP contribution in [0.5, 0.6) is 5.75 Å². The van der Waals surface area contributed by atoms with Crippen LogP contribution in [0.4, 0.5) is 0 Å². The molecule has 5 heteroatoms. The van der Waals surface area contributed by atoms with E-state index in [2.05, 4.69) is 5.32 Å². The molecule has 1 aliphatic carbocycles. The zero-order valence-corrected chi connectivity index (χ0v) is 12.8. The molecular formula is C15H23ClN2O2. The molecule has 1 aliphatic rings. The second-order valence-corrected chi connectivity index (χ2v) is 5.32. The standard InChI is InChI=1S/C15H22N2O2.ClH/c1-10-4-3-5-13(8-10)19-11(2)15(18)17-9-14(16)12-6-7-12;/h3-5,8,11-12,14H,6-7,9,16H2,1-2H3,(H,17,18);1H. The average molecular weight is 299 g/mol. The summed E-state index contributed by atoms with van der Waals surface area (Å²) in [6.07, 6.45) is 1.87. The zero-order chi connectivity index (χ0) is 13.8. The third-order valence-electron chi connectivity index (χ3n) is 3.41. The Balaban J connectivity index is 0.00000200. The number of hydrogen-bond donors (Lipinski definition) is 2. The van der Waals surface area contributed by atoms with E-state index in [1.165, 1.54) is 12.8 Å². The molecule has 0 saturated heterocycles. The van der Waals surface area contributed by atoms with Crippen LogP contribution in [0.3, 0.4) is 0 Å². The van der Waals surface area contributed by atoms with Gasteiger partial charge in [-0.15, -0.1) is 12.4 Å². The minimum absolute atomic E-state index is 0. The van der Waals surface area contributed by atoms with Crippen LogP contribution in [0, 0.1) is 12.8 Å². The quantitative estimate of drug-likeness (QED) is 0.845. The van der Waals surface area contributed by atoms with E-state index in [4.69, 9.17) is 10.5 Å². The maximum absolute atomic E-state index is 11.9. The van der Waals surface area contributed by atoms with Crippen LogP contribution in [0.2, 0.25) is 0 Å². The lowest BCUT2D eigenvalue weighted by Crippen LogP contribution is -2.43. The second kappa shape index (κ2) is 7.50. The minimum Gasteiger partial charge on any atom is -0.481 e. The van der Waals surface area contributed by atoms with Crippen molar-refractivity contribution in [2.45, 2.75) is 38.8 Å². The number of ether oxygens (including phenoxy) is 1. The molecule has 112 valence electrons. The molecule has 0 spiro atoms. The van der Waals surface area contributed by atoms with Crippen LogP contribution in [0.25, 0.3) is 0 Å². The van der Waals surface area contributed by atoms with Gasteiger partial charge >= 0.3 is 0 Å². The van der Waals surface area contributed by atoms with E-state index < -0.39 is 6.10 Å². The third kappa shape index (κ3) is 5.02. The first kappa shape index (κ1) is 16.8. The molecule has 0 aliphatic heterocycles. The van der Waals surface area contributed by atoms with Crippen LogP contribution in [-0.4, -0.2) is 24.6 Å². The lowest BCUT2D eigenvalue weighted by atomic mass is 10.2. The van der Waals surface area contributed by atoms with E-state index in [0.29, 0.717) is 18.2 Å². The van der Waals surface area contributed by atoms with Gasteiger partial charge in [0.1, 0.15) is 5.75 Å². The first-order valence-corrected chi connectivity index (χ1v) is 6.83. The van der Waals surface area contributed by atoms with E-state index in [1.807, 2.05) is 31.2 Å². The maximum Gasteiger partial charge on any atom is 0.260 e. The highest BCUT2D eigenvalue weighted by Gasteiger charge is 2.28. The largest absolute Gasteiger partial charge is 0.481 e. The molecule has 0 radical (unpaired) electrons. The van der Waals surface area contributed by atoms with Gasteiger partial charge in [-0.25, -0.2) is 0 Å². The van der Waals surface area contributed by atoms with Gasteiger partial charge < -0.3 is 15.8 Å². The van der Waals surface area contributed by atoms with Crippen LogP contribution >= 0.6 is 12.4 Å². The van der Waals surface area contributed by atoms with Crippen molar-refractivity contribution in [1.29, 1.82) is 0 Å². The second-order valence-electron chi connectivity index (χ2n) is 5.32. The number of halogens is 1. The van der Waals surface area contributed by atoms with Crippen molar-refractivity contribution in [2.75, 3.05) is 6.54 Å². The Labute approximate surface area is 126 Å². The van der Waals surface area contributed by atoms with Gasteiger partial charge in [-0.1, -0.05) is 12.1 Å². The van der Waals surface area contributed by atoms with Crippen molar-refractivity contribution >= 4 is 18.3 Å². The van der Waals surface area contributed by atoms with Crippen LogP contribution < -0.4 is 15.8 Å². The first-order chi connectivity index (χ1) is 9.06. The fraction of sp³-hybridized carbons (Fsp3) is 0.533. The normalized spacial score (nSPS) is 16.8. The number of carbonyl (C=O) groups excluding carboxylic acids is 1. The fourth-order valence-electron chi connectivity index (χ4n) is 2.00. The van der Waals surface area contributed by atoms with E-state index >= 15 is 0 Å². The summed E-state index contributed by atoms with van der Waals surface area (Å²) in [7, 11) is 0. The molecule has 2 unspecified atom stereocenters. The predicted octanol–water partition coefficient (Wildman–Crippen LogP) is 2.04. The van der Waals surface area contributed by atoms with Gasteiger partial charge in [-0.2, -0.15) is 0 Å². The van der Waals surface area contributed by atoms with Crippen molar-refractivity contribution in [3.05, 3.63) is 29.8 Å². The Bertz CT molecular complexity index is 449. The summed E-state index contributed by atoms with van der Waals surface area (Å²) in [4.78, 5) is 11.9. The summed E-state index contributed by atoms with van der Waals surface area (Å²) < 4.78 is 5.61. The zero-order valence-electron chi connectivity index (χ0n) is 12.0. The van der Waals surface area contributed by atoms with Crippen LogP contribution in [-0.2, 0) is 4.79 Å². The summed E-state index contributed by atoms with van der Waals surface area (Å²) >= 11 is 0. The number of nitrogens with two attached hydrogens (primary N) is 1. The van der Waals surface area contributed by atoms with Gasteiger partial charge in [0.15, 0.2) is 6.10 Å². The Morgan fingerprint density at radius 1 is 1.50 bits per heavy atom. The Kier molecular flexibility index (Phi) is 6.30. The predicted molar refractivity (Wildman–Crippen MR) is 82.2 cm³/mol. The number of nitrogens with one attached hydrogen (secondary N) is 1. The third-order valence-corrected chi connectivity index (χ3v) is 3.41. The van der Waals surface area contributed by atoms with E-state index in [0.717, 1.165) is 5.56 Å². The Morgan fingerprint density at radius 2 is 2.20 bits per heavy atom. The number of aryl methyl sites for hydroxylation is 1. The average Bonchev–Trinajstić information content (AvgIpc) is 3.19. The van der Waals surface area contributed by atoms with Crippen molar-refractivity contribution in [3.8, 4) is 5.75 Å². The van der Waals surface area contributed by atoms with E-state index in [1.54, 1.807) is 6.92 Å². The van der Waals surface area contributed by atoms with Crippen molar-refractivity contribution in [2.24, 2.45) is 11.7 Å². The van der Waals surface area contributed by atoms with Gasteiger partial charge in [0, 0.05) is 12.6 Å². The summed E-state index contributed by atoms with van der Waals surface area (Å²) in [5.74, 6) is 1.19. The van der Waals surface area contributed by atoms with Crippen molar-refractivity contribution in [1.82, 2.24) is 5.32 Å². The Hall–Kier alpha value is -1.26. The molecule has 1 amide bonds. The number of benzene rings is 1. The summed E-state index contributed by atoms with van der Waals surface area (Å²) in [5.41, 5.74) is 7.06. The molecule has 1 aromatic rings. The Morgan fingerprint density at radius 3 is 2.80 bits per heavy atom. The van der Waals surface area contributed by atoms with Gasteiger partial charge in [-0.05, 0) is 50.3 Å². The summed E-state index contributed by atoms with van der Waals surface area (Å²) in [6.45, 7) is 4.28. The summed E-state index contributed by atoms with van der Waals surface area (Å²) in [5, 5.41) is 2.85. The fourth-order valence-corrected chi connectivity index (χ4v) is 2.00. The highest BCUT2D eigenvalue weighted by Crippen LogP contribution is 2.31. The molecule has 1 fully saturated rings. The van der Waals surface area contributed by atoms with Crippen LogP contribution in [0.1, 0.15) is 25.3 Å². The van der Waals surface area contributed by atoms with Crippen molar-refractivity contribution in [3.63, 3.8) is 0 Å². The van der Waals surface area contributed by atoms with Gasteiger partial charge in [0.2, 0.25) is 0 Å². The van der Waals surface area contributed by atoms with Crippen LogP contribution in [0.15, 0.2) is 24.3 Å². The van der Waals surface area contributed by atoms with Gasteiger partial charge in [0.05, 0.1) is 0 Å². The first-order valence-electron chi connectivity index (χ1n) is 6.83. The lowest BCUT2D eigenvalue weighted by Gasteiger charge is -2.17. The molecule has 20 heavy (non-hydrogen) atoms. The maximum atomic E-state index is 11.9. The van der Waals surface area contributed by atoms with Crippen molar-refractivity contribution < 1.29 is 9.53 Å². The number of amides is 1. The molecular weight excluding hydrogens is 276 g/mol. The lowest BCUT2D eigenvalue weighted by molar-refractivity contribution is -0.127. The monoisotopic (exact) mass is 298 g/mol. The van der Waals surface area contributed by atoms with Gasteiger partial charge in [-0.3, -0.25) is 4.79 Å². The van der Waals surface area contributed by atoms with E-state index in [-0.39, 0.29) is 24.4 Å².